The maximum atomic E-state index is 11.0. The number of aromatic nitrogens is 1. The second-order valence-electron chi connectivity index (χ2n) is 4.50. The molecule has 0 aromatic carbocycles. The monoisotopic (exact) mass is 209 g/mol. The standard InChI is InChI=1S/C11H15NO3/c1-11(5-3-2-4-6-11)9-8(10(13)14)7-12-15-9/h7H,2-6H2,1H3,(H,13,14). The molecule has 0 saturated heterocycles. The summed E-state index contributed by atoms with van der Waals surface area (Å²) in [6, 6.07) is 0. The molecule has 2 rings (SSSR count). The summed E-state index contributed by atoms with van der Waals surface area (Å²) in [4.78, 5) is 11.0. The fourth-order valence-corrected chi connectivity index (χ4v) is 2.39. The van der Waals surface area contributed by atoms with Crippen molar-refractivity contribution in [3.8, 4) is 0 Å². The van der Waals surface area contributed by atoms with Gasteiger partial charge in [-0.15, -0.1) is 0 Å². The summed E-state index contributed by atoms with van der Waals surface area (Å²) in [7, 11) is 0. The number of carbonyl (C=O) groups is 1. The highest BCUT2D eigenvalue weighted by Crippen LogP contribution is 2.40. The molecule has 0 spiro atoms. The maximum absolute atomic E-state index is 11.0. The minimum Gasteiger partial charge on any atom is -0.478 e. The van der Waals surface area contributed by atoms with E-state index in [1.807, 2.05) is 0 Å². The van der Waals surface area contributed by atoms with Gasteiger partial charge in [0.1, 0.15) is 5.56 Å². The Morgan fingerprint density at radius 1 is 1.47 bits per heavy atom. The van der Waals surface area contributed by atoms with E-state index >= 15 is 0 Å². The van der Waals surface area contributed by atoms with Gasteiger partial charge in [0.25, 0.3) is 0 Å². The van der Waals surface area contributed by atoms with Gasteiger partial charge in [-0.2, -0.15) is 0 Å². The quantitative estimate of drug-likeness (QED) is 0.813. The molecule has 15 heavy (non-hydrogen) atoms. The van der Waals surface area contributed by atoms with Crippen molar-refractivity contribution in [2.24, 2.45) is 0 Å². The number of hydrogen-bond donors (Lipinski definition) is 1. The molecule has 0 aliphatic heterocycles. The highest BCUT2D eigenvalue weighted by molar-refractivity contribution is 5.88. The summed E-state index contributed by atoms with van der Waals surface area (Å²) < 4.78 is 5.14. The molecule has 82 valence electrons. The zero-order chi connectivity index (χ0) is 10.9. The predicted octanol–water partition coefficient (Wildman–Crippen LogP) is 2.59. The summed E-state index contributed by atoms with van der Waals surface area (Å²) in [6.45, 7) is 2.07. The Hall–Kier alpha value is -1.32. The van der Waals surface area contributed by atoms with Crippen LogP contribution in [-0.2, 0) is 5.41 Å². The van der Waals surface area contributed by atoms with Gasteiger partial charge in [0.2, 0.25) is 0 Å². The van der Waals surface area contributed by atoms with Crippen LogP contribution in [0.25, 0.3) is 0 Å². The minimum atomic E-state index is -0.946. The van der Waals surface area contributed by atoms with Gasteiger partial charge in [-0.1, -0.05) is 31.3 Å². The molecule has 4 heteroatoms. The Morgan fingerprint density at radius 2 is 2.13 bits per heavy atom. The fourth-order valence-electron chi connectivity index (χ4n) is 2.39. The van der Waals surface area contributed by atoms with Crippen LogP contribution in [0.2, 0.25) is 0 Å². The lowest BCUT2D eigenvalue weighted by molar-refractivity contribution is 0.0690. The van der Waals surface area contributed by atoms with Crippen LogP contribution in [0.1, 0.15) is 55.1 Å². The average Bonchev–Trinajstić information content (AvgIpc) is 2.67. The van der Waals surface area contributed by atoms with Crippen LogP contribution in [0, 0.1) is 0 Å². The summed E-state index contributed by atoms with van der Waals surface area (Å²) in [5.41, 5.74) is 0.0852. The van der Waals surface area contributed by atoms with Crippen LogP contribution < -0.4 is 0 Å². The Balaban J connectivity index is 2.34. The molecule has 0 atom stereocenters. The zero-order valence-corrected chi connectivity index (χ0v) is 8.82. The van der Waals surface area contributed by atoms with Gasteiger partial charge in [-0.3, -0.25) is 0 Å². The Kier molecular flexibility index (Phi) is 2.50. The van der Waals surface area contributed by atoms with Crippen LogP contribution >= 0.6 is 0 Å². The number of carboxylic acid groups (broad SMARTS) is 1. The third kappa shape index (κ3) is 1.76. The molecule has 1 fully saturated rings. The van der Waals surface area contributed by atoms with E-state index in [0.29, 0.717) is 5.76 Å². The van der Waals surface area contributed by atoms with Crippen LogP contribution in [-0.4, -0.2) is 16.2 Å². The first kappa shape index (κ1) is 10.2. The summed E-state index contributed by atoms with van der Waals surface area (Å²) >= 11 is 0. The minimum absolute atomic E-state index is 0.136. The molecule has 1 N–H and O–H groups in total. The van der Waals surface area contributed by atoms with Gasteiger partial charge in [-0.25, -0.2) is 4.79 Å². The van der Waals surface area contributed by atoms with E-state index < -0.39 is 5.97 Å². The van der Waals surface area contributed by atoms with Gasteiger partial charge >= 0.3 is 5.97 Å². The normalized spacial score (nSPS) is 20.1. The summed E-state index contributed by atoms with van der Waals surface area (Å²) in [6.07, 6.45) is 6.78. The largest absolute Gasteiger partial charge is 0.478 e. The van der Waals surface area contributed by atoms with Crippen molar-refractivity contribution in [3.63, 3.8) is 0 Å². The first-order valence-electron chi connectivity index (χ1n) is 5.32. The van der Waals surface area contributed by atoms with Gasteiger partial charge in [-0.05, 0) is 12.8 Å². The van der Waals surface area contributed by atoms with Gasteiger partial charge in [0.15, 0.2) is 5.76 Å². The predicted molar refractivity (Wildman–Crippen MR) is 53.9 cm³/mol. The van der Waals surface area contributed by atoms with Crippen LogP contribution in [0.3, 0.4) is 0 Å². The van der Waals surface area contributed by atoms with Gasteiger partial charge in [0, 0.05) is 5.41 Å². The first-order chi connectivity index (χ1) is 7.13. The van der Waals surface area contributed by atoms with Crippen LogP contribution in [0.15, 0.2) is 10.7 Å². The van der Waals surface area contributed by atoms with E-state index in [1.165, 1.54) is 12.6 Å². The Bertz CT molecular complexity index is 364. The van der Waals surface area contributed by atoms with E-state index in [2.05, 4.69) is 12.1 Å². The van der Waals surface area contributed by atoms with E-state index in [0.717, 1.165) is 25.7 Å². The van der Waals surface area contributed by atoms with Crippen molar-refractivity contribution in [3.05, 3.63) is 17.5 Å². The maximum Gasteiger partial charge on any atom is 0.340 e. The second-order valence-corrected chi connectivity index (χ2v) is 4.50. The lowest BCUT2D eigenvalue weighted by atomic mass is 9.73. The van der Waals surface area contributed by atoms with Crippen molar-refractivity contribution < 1.29 is 14.4 Å². The Morgan fingerprint density at radius 3 is 2.73 bits per heavy atom. The topological polar surface area (TPSA) is 63.3 Å². The molecule has 1 aliphatic rings. The molecule has 1 aliphatic carbocycles. The summed E-state index contributed by atoms with van der Waals surface area (Å²) in [5.74, 6) is -0.396. The molecule has 1 aromatic heterocycles. The van der Waals surface area contributed by atoms with Crippen LogP contribution in [0.5, 0.6) is 0 Å². The zero-order valence-electron chi connectivity index (χ0n) is 8.82. The first-order valence-corrected chi connectivity index (χ1v) is 5.32. The van der Waals surface area contributed by atoms with Crippen LogP contribution in [0.4, 0.5) is 0 Å². The second kappa shape index (κ2) is 3.68. The van der Waals surface area contributed by atoms with E-state index in [-0.39, 0.29) is 11.0 Å². The number of aromatic carboxylic acids is 1. The molecular weight excluding hydrogens is 194 g/mol. The third-order valence-electron chi connectivity index (χ3n) is 3.31. The molecule has 0 unspecified atom stereocenters. The van der Waals surface area contributed by atoms with E-state index in [9.17, 15) is 4.79 Å². The molecule has 1 saturated carbocycles. The van der Waals surface area contributed by atoms with Gasteiger partial charge in [0.05, 0.1) is 6.20 Å². The smallest absolute Gasteiger partial charge is 0.340 e. The third-order valence-corrected chi connectivity index (χ3v) is 3.31. The number of nitrogens with zero attached hydrogens (tertiary/aromatic N) is 1. The lowest BCUT2D eigenvalue weighted by Crippen LogP contribution is -2.26. The molecule has 1 heterocycles. The number of rotatable bonds is 2. The SMILES string of the molecule is CC1(c2oncc2C(=O)O)CCCCC1. The van der Waals surface area contributed by atoms with Crippen molar-refractivity contribution in [2.75, 3.05) is 0 Å². The van der Waals surface area contributed by atoms with Crippen molar-refractivity contribution in [2.45, 2.75) is 44.4 Å². The Labute approximate surface area is 88.3 Å². The van der Waals surface area contributed by atoms with E-state index in [1.54, 1.807) is 0 Å². The number of carboxylic acids is 1. The molecule has 1 aromatic rings. The van der Waals surface area contributed by atoms with Crippen molar-refractivity contribution in [1.82, 2.24) is 5.16 Å². The molecule has 0 amide bonds. The molecule has 0 bridgehead atoms. The van der Waals surface area contributed by atoms with Gasteiger partial charge < -0.3 is 9.63 Å². The fraction of sp³-hybridized carbons (Fsp3) is 0.636. The van der Waals surface area contributed by atoms with Crippen molar-refractivity contribution in [1.29, 1.82) is 0 Å². The van der Waals surface area contributed by atoms with E-state index in [4.69, 9.17) is 9.63 Å². The lowest BCUT2D eigenvalue weighted by Gasteiger charge is -2.31. The van der Waals surface area contributed by atoms with Crippen molar-refractivity contribution >= 4 is 5.97 Å². The average molecular weight is 209 g/mol. The molecule has 4 nitrogen and oxygen atoms in total. The summed E-state index contributed by atoms with van der Waals surface area (Å²) in [5, 5.41) is 12.6. The highest BCUT2D eigenvalue weighted by atomic mass is 16.5. The molecule has 0 radical (unpaired) electrons. The highest BCUT2D eigenvalue weighted by Gasteiger charge is 2.36. The number of hydrogen-bond acceptors (Lipinski definition) is 3. The molecular formula is C11H15NO3.